The van der Waals surface area contributed by atoms with Crippen molar-refractivity contribution < 1.29 is 19.6 Å². The van der Waals surface area contributed by atoms with Gasteiger partial charge < -0.3 is 9.84 Å². The quantitative estimate of drug-likeness (QED) is 0.475. The number of carbonyl (C=O) groups is 1. The average molecular weight is 343 g/mol. The van der Waals surface area contributed by atoms with E-state index in [1.165, 1.54) is 18.3 Å². The van der Waals surface area contributed by atoms with Crippen LogP contribution in [0.5, 0.6) is 11.5 Å². The van der Waals surface area contributed by atoms with E-state index < -0.39 is 22.3 Å². The lowest BCUT2D eigenvalue weighted by Crippen LogP contribution is -2.24. The molecule has 0 aliphatic carbocycles. The van der Waals surface area contributed by atoms with Crippen LogP contribution in [-0.4, -0.2) is 28.8 Å². The van der Waals surface area contributed by atoms with E-state index in [1.807, 2.05) is 26.0 Å². The number of phenolic OH excluding ortho intramolecular Hbond substituents is 1. The summed E-state index contributed by atoms with van der Waals surface area (Å²) in [6.07, 6.45) is 1.24. The summed E-state index contributed by atoms with van der Waals surface area (Å²) >= 11 is 0. The van der Waals surface area contributed by atoms with E-state index in [0.29, 0.717) is 11.3 Å². The van der Waals surface area contributed by atoms with Crippen molar-refractivity contribution in [3.05, 3.63) is 63.2 Å². The third-order valence-corrected chi connectivity index (χ3v) is 3.29. The van der Waals surface area contributed by atoms with Crippen LogP contribution in [0.1, 0.15) is 16.7 Å². The van der Waals surface area contributed by atoms with Crippen molar-refractivity contribution in [1.29, 1.82) is 0 Å². The number of phenols is 1. The number of ether oxygens (including phenoxy) is 1. The molecule has 2 aromatic rings. The van der Waals surface area contributed by atoms with Crippen LogP contribution in [0.2, 0.25) is 0 Å². The van der Waals surface area contributed by atoms with Crippen LogP contribution < -0.4 is 10.2 Å². The van der Waals surface area contributed by atoms with Gasteiger partial charge in [-0.25, -0.2) is 5.43 Å². The highest BCUT2D eigenvalue weighted by atomic mass is 16.6. The lowest BCUT2D eigenvalue weighted by Gasteiger charge is -2.08. The molecule has 0 saturated heterocycles. The van der Waals surface area contributed by atoms with E-state index in [4.69, 9.17) is 4.74 Å². The molecule has 0 aliphatic rings. The Kier molecular flexibility index (Phi) is 5.67. The maximum absolute atomic E-state index is 11.7. The summed E-state index contributed by atoms with van der Waals surface area (Å²) in [4.78, 5) is 21.7. The number of rotatable bonds is 6. The fraction of sp³-hybridized carbons (Fsp3) is 0.176. The fourth-order valence-electron chi connectivity index (χ4n) is 2.08. The maximum Gasteiger partial charge on any atom is 0.311 e. The second kappa shape index (κ2) is 7.91. The van der Waals surface area contributed by atoms with Gasteiger partial charge in [-0.1, -0.05) is 17.7 Å². The zero-order valence-electron chi connectivity index (χ0n) is 13.7. The number of aryl methyl sites for hydroxylation is 2. The van der Waals surface area contributed by atoms with Crippen molar-refractivity contribution in [2.45, 2.75) is 13.8 Å². The third-order valence-electron chi connectivity index (χ3n) is 3.29. The lowest BCUT2D eigenvalue weighted by atomic mass is 10.1. The van der Waals surface area contributed by atoms with E-state index >= 15 is 0 Å². The Labute approximate surface area is 143 Å². The smallest absolute Gasteiger partial charge is 0.311 e. The first kappa shape index (κ1) is 17.9. The molecule has 0 bridgehead atoms. The van der Waals surface area contributed by atoms with Gasteiger partial charge in [-0.2, -0.15) is 5.10 Å². The Bertz CT molecular complexity index is 833. The van der Waals surface area contributed by atoms with Gasteiger partial charge in [0.15, 0.2) is 12.4 Å². The van der Waals surface area contributed by atoms with Crippen molar-refractivity contribution in [3.63, 3.8) is 0 Å². The normalized spacial score (nSPS) is 10.6. The van der Waals surface area contributed by atoms with Gasteiger partial charge in [0.2, 0.25) is 0 Å². The predicted molar refractivity (Wildman–Crippen MR) is 91.9 cm³/mol. The summed E-state index contributed by atoms with van der Waals surface area (Å²) < 4.78 is 5.41. The standard InChI is InChI=1S/C17H17N3O5/c1-11-3-6-16(12(2)7-11)25-10-17(22)19-18-9-13-4-5-15(21)14(8-13)20(23)24/h3-9,21H,10H2,1-2H3,(H,19,22). The maximum atomic E-state index is 11.7. The van der Waals surface area contributed by atoms with Crippen LogP contribution >= 0.6 is 0 Å². The van der Waals surface area contributed by atoms with Crippen molar-refractivity contribution in [1.82, 2.24) is 5.43 Å². The number of aromatic hydroxyl groups is 1. The molecular formula is C17H17N3O5. The highest BCUT2D eigenvalue weighted by Crippen LogP contribution is 2.25. The minimum Gasteiger partial charge on any atom is -0.502 e. The fourth-order valence-corrected chi connectivity index (χ4v) is 2.08. The molecule has 2 rings (SSSR count). The zero-order chi connectivity index (χ0) is 18.4. The molecule has 2 aromatic carbocycles. The zero-order valence-corrected chi connectivity index (χ0v) is 13.7. The van der Waals surface area contributed by atoms with Gasteiger partial charge >= 0.3 is 5.69 Å². The van der Waals surface area contributed by atoms with Crippen LogP contribution in [0.4, 0.5) is 5.69 Å². The number of nitro groups is 1. The molecule has 2 N–H and O–H groups in total. The third kappa shape index (κ3) is 5.03. The van der Waals surface area contributed by atoms with Gasteiger partial charge in [0.05, 0.1) is 11.1 Å². The summed E-state index contributed by atoms with van der Waals surface area (Å²) in [6.45, 7) is 3.64. The minimum absolute atomic E-state index is 0.211. The van der Waals surface area contributed by atoms with Crippen LogP contribution in [-0.2, 0) is 4.79 Å². The Morgan fingerprint density at radius 1 is 1.32 bits per heavy atom. The lowest BCUT2D eigenvalue weighted by molar-refractivity contribution is -0.385. The van der Waals surface area contributed by atoms with E-state index in [2.05, 4.69) is 10.5 Å². The van der Waals surface area contributed by atoms with Crippen LogP contribution in [0.25, 0.3) is 0 Å². The van der Waals surface area contributed by atoms with Crippen LogP contribution in [0.3, 0.4) is 0 Å². The van der Waals surface area contributed by atoms with Crippen LogP contribution in [0, 0.1) is 24.0 Å². The average Bonchev–Trinajstić information content (AvgIpc) is 2.55. The first-order chi connectivity index (χ1) is 11.9. The number of nitro benzene ring substituents is 1. The number of nitrogens with one attached hydrogen (secondary N) is 1. The molecule has 8 nitrogen and oxygen atoms in total. The molecule has 130 valence electrons. The second-order valence-electron chi connectivity index (χ2n) is 5.36. The molecule has 25 heavy (non-hydrogen) atoms. The van der Waals surface area contributed by atoms with Crippen molar-refractivity contribution >= 4 is 17.8 Å². The molecule has 0 spiro atoms. The van der Waals surface area contributed by atoms with E-state index in [0.717, 1.165) is 17.2 Å². The molecule has 0 fully saturated rings. The van der Waals surface area contributed by atoms with E-state index in [-0.39, 0.29) is 6.61 Å². The predicted octanol–water partition coefficient (Wildman–Crippen LogP) is 2.45. The summed E-state index contributed by atoms with van der Waals surface area (Å²) in [5, 5.41) is 23.8. The van der Waals surface area contributed by atoms with E-state index in [9.17, 15) is 20.0 Å². The van der Waals surface area contributed by atoms with Gasteiger partial charge in [-0.15, -0.1) is 0 Å². The molecule has 0 atom stereocenters. The van der Waals surface area contributed by atoms with Gasteiger partial charge in [0.25, 0.3) is 5.91 Å². The Morgan fingerprint density at radius 2 is 2.08 bits per heavy atom. The highest BCUT2D eigenvalue weighted by Gasteiger charge is 2.12. The molecule has 0 saturated carbocycles. The molecule has 0 aliphatic heterocycles. The Morgan fingerprint density at radius 3 is 2.76 bits per heavy atom. The monoisotopic (exact) mass is 343 g/mol. The number of carbonyl (C=O) groups excluding carboxylic acids is 1. The number of benzene rings is 2. The van der Waals surface area contributed by atoms with Crippen LogP contribution in [0.15, 0.2) is 41.5 Å². The molecule has 0 radical (unpaired) electrons. The van der Waals surface area contributed by atoms with Crippen molar-refractivity contribution in [2.24, 2.45) is 5.10 Å². The van der Waals surface area contributed by atoms with Gasteiger partial charge in [-0.3, -0.25) is 14.9 Å². The SMILES string of the molecule is Cc1ccc(OCC(=O)NN=Cc2ccc(O)c([N+](=O)[O-])c2)c(C)c1. The molecule has 0 heterocycles. The summed E-state index contributed by atoms with van der Waals surface area (Å²) in [7, 11) is 0. The van der Waals surface area contributed by atoms with Gasteiger partial charge in [-0.05, 0) is 37.6 Å². The Hall–Kier alpha value is -3.42. The molecule has 0 unspecified atom stereocenters. The molecular weight excluding hydrogens is 326 g/mol. The van der Waals surface area contributed by atoms with E-state index in [1.54, 1.807) is 6.07 Å². The summed E-state index contributed by atoms with van der Waals surface area (Å²) in [5.41, 5.74) is 4.22. The number of hydrazone groups is 1. The number of hydrogen-bond acceptors (Lipinski definition) is 6. The summed E-state index contributed by atoms with van der Waals surface area (Å²) in [5.74, 6) is -0.295. The van der Waals surface area contributed by atoms with Gasteiger partial charge in [0.1, 0.15) is 5.75 Å². The molecule has 1 amide bonds. The number of amides is 1. The number of hydrogen-bond donors (Lipinski definition) is 2. The topological polar surface area (TPSA) is 114 Å². The minimum atomic E-state index is -0.705. The van der Waals surface area contributed by atoms with Gasteiger partial charge in [0, 0.05) is 11.6 Å². The molecule has 8 heteroatoms. The molecule has 0 aromatic heterocycles. The Balaban J connectivity index is 1.90. The largest absolute Gasteiger partial charge is 0.502 e. The first-order valence-corrected chi connectivity index (χ1v) is 7.36. The second-order valence-corrected chi connectivity index (χ2v) is 5.36. The number of nitrogens with zero attached hydrogens (tertiary/aromatic N) is 2. The summed E-state index contributed by atoms with van der Waals surface area (Å²) in [6, 6.07) is 9.39. The van der Waals surface area contributed by atoms with Crippen molar-refractivity contribution in [3.8, 4) is 11.5 Å². The first-order valence-electron chi connectivity index (χ1n) is 7.36. The highest BCUT2D eigenvalue weighted by molar-refractivity contribution is 5.84. The van der Waals surface area contributed by atoms with Crippen molar-refractivity contribution in [2.75, 3.05) is 6.61 Å².